The first-order chi connectivity index (χ1) is 10.1. The SMILES string of the molecule is CN(Cc1ccccc1)C(=O)c1ccn(CCC(=O)O)n1. The van der Waals surface area contributed by atoms with Crippen LogP contribution >= 0.6 is 0 Å². The molecule has 0 saturated carbocycles. The lowest BCUT2D eigenvalue weighted by Gasteiger charge is -2.15. The Morgan fingerprint density at radius 3 is 2.62 bits per heavy atom. The number of hydrogen-bond donors (Lipinski definition) is 1. The van der Waals surface area contributed by atoms with Gasteiger partial charge in [-0.2, -0.15) is 5.10 Å². The summed E-state index contributed by atoms with van der Waals surface area (Å²) in [5.41, 5.74) is 1.36. The Kier molecular flexibility index (Phi) is 4.71. The van der Waals surface area contributed by atoms with Crippen LogP contribution in [-0.2, 0) is 17.9 Å². The second-order valence-corrected chi connectivity index (χ2v) is 4.75. The molecular weight excluding hydrogens is 270 g/mol. The fourth-order valence-electron chi connectivity index (χ4n) is 1.94. The van der Waals surface area contributed by atoms with Gasteiger partial charge in [0.1, 0.15) is 5.69 Å². The van der Waals surface area contributed by atoms with Gasteiger partial charge in [0.25, 0.3) is 5.91 Å². The number of carboxylic acids is 1. The number of carbonyl (C=O) groups excluding carboxylic acids is 1. The molecule has 1 N–H and O–H groups in total. The molecule has 1 aromatic heterocycles. The van der Waals surface area contributed by atoms with Crippen LogP contribution in [0, 0.1) is 0 Å². The molecule has 6 nitrogen and oxygen atoms in total. The van der Waals surface area contributed by atoms with Gasteiger partial charge in [0.05, 0.1) is 13.0 Å². The van der Waals surface area contributed by atoms with Crippen molar-refractivity contribution in [3.05, 3.63) is 53.9 Å². The van der Waals surface area contributed by atoms with E-state index in [2.05, 4.69) is 5.10 Å². The Hall–Kier alpha value is -2.63. The van der Waals surface area contributed by atoms with Crippen molar-refractivity contribution in [1.29, 1.82) is 0 Å². The van der Waals surface area contributed by atoms with Crippen LogP contribution in [0.1, 0.15) is 22.5 Å². The monoisotopic (exact) mass is 287 g/mol. The minimum atomic E-state index is -0.889. The van der Waals surface area contributed by atoms with Gasteiger partial charge in [0, 0.05) is 19.8 Å². The van der Waals surface area contributed by atoms with Crippen molar-refractivity contribution in [2.75, 3.05) is 7.05 Å². The van der Waals surface area contributed by atoms with E-state index in [1.807, 2.05) is 30.3 Å². The van der Waals surface area contributed by atoms with Crippen molar-refractivity contribution in [2.45, 2.75) is 19.5 Å². The summed E-state index contributed by atoms with van der Waals surface area (Å²) in [5.74, 6) is -1.08. The highest BCUT2D eigenvalue weighted by Gasteiger charge is 2.15. The summed E-state index contributed by atoms with van der Waals surface area (Å²) < 4.78 is 1.47. The van der Waals surface area contributed by atoms with Crippen LogP contribution in [0.5, 0.6) is 0 Å². The third kappa shape index (κ3) is 4.17. The van der Waals surface area contributed by atoms with Crippen LogP contribution in [0.25, 0.3) is 0 Å². The summed E-state index contributed by atoms with van der Waals surface area (Å²) >= 11 is 0. The van der Waals surface area contributed by atoms with E-state index >= 15 is 0 Å². The predicted octanol–water partition coefficient (Wildman–Crippen LogP) is 1.63. The third-order valence-electron chi connectivity index (χ3n) is 3.02. The van der Waals surface area contributed by atoms with Crippen molar-refractivity contribution < 1.29 is 14.7 Å². The van der Waals surface area contributed by atoms with Crippen molar-refractivity contribution in [2.24, 2.45) is 0 Å². The van der Waals surface area contributed by atoms with Gasteiger partial charge in [0.2, 0.25) is 0 Å². The third-order valence-corrected chi connectivity index (χ3v) is 3.02. The fraction of sp³-hybridized carbons (Fsp3) is 0.267. The number of aromatic nitrogens is 2. The maximum absolute atomic E-state index is 12.2. The Balaban J connectivity index is 1.97. The van der Waals surface area contributed by atoms with Gasteiger partial charge < -0.3 is 10.0 Å². The van der Waals surface area contributed by atoms with Crippen molar-refractivity contribution in [3.63, 3.8) is 0 Å². The highest BCUT2D eigenvalue weighted by molar-refractivity contribution is 5.91. The molecule has 0 aliphatic carbocycles. The first-order valence-corrected chi connectivity index (χ1v) is 6.61. The van der Waals surface area contributed by atoms with Gasteiger partial charge >= 0.3 is 5.97 Å². The molecule has 0 aliphatic rings. The van der Waals surface area contributed by atoms with Crippen LogP contribution in [-0.4, -0.2) is 38.7 Å². The van der Waals surface area contributed by atoms with E-state index in [0.717, 1.165) is 5.56 Å². The van der Waals surface area contributed by atoms with Crippen molar-refractivity contribution >= 4 is 11.9 Å². The molecule has 1 amide bonds. The molecule has 0 unspecified atom stereocenters. The lowest BCUT2D eigenvalue weighted by atomic mass is 10.2. The first kappa shape index (κ1) is 14.8. The van der Waals surface area contributed by atoms with Crippen LogP contribution in [0.4, 0.5) is 0 Å². The highest BCUT2D eigenvalue weighted by atomic mass is 16.4. The van der Waals surface area contributed by atoms with Crippen LogP contribution in [0.2, 0.25) is 0 Å². The summed E-state index contributed by atoms with van der Waals surface area (Å²) in [6.07, 6.45) is 1.60. The van der Waals surface area contributed by atoms with E-state index in [1.54, 1.807) is 24.2 Å². The molecule has 110 valence electrons. The zero-order valence-corrected chi connectivity index (χ0v) is 11.8. The number of hydrogen-bond acceptors (Lipinski definition) is 3. The average Bonchev–Trinajstić information content (AvgIpc) is 2.94. The molecule has 2 aromatic rings. The first-order valence-electron chi connectivity index (χ1n) is 6.61. The number of carboxylic acid groups (broad SMARTS) is 1. The quantitative estimate of drug-likeness (QED) is 0.876. The summed E-state index contributed by atoms with van der Waals surface area (Å²) in [6, 6.07) is 11.3. The van der Waals surface area contributed by atoms with E-state index in [4.69, 9.17) is 5.11 Å². The van der Waals surface area contributed by atoms with E-state index in [0.29, 0.717) is 12.2 Å². The molecule has 0 saturated heterocycles. The van der Waals surface area contributed by atoms with Crippen molar-refractivity contribution in [1.82, 2.24) is 14.7 Å². The van der Waals surface area contributed by atoms with E-state index in [-0.39, 0.29) is 18.9 Å². The normalized spacial score (nSPS) is 10.3. The van der Waals surface area contributed by atoms with Gasteiger partial charge in [-0.15, -0.1) is 0 Å². The molecule has 0 bridgehead atoms. The van der Waals surface area contributed by atoms with Gasteiger partial charge in [-0.3, -0.25) is 14.3 Å². The molecule has 0 atom stereocenters. The molecule has 1 heterocycles. The number of carbonyl (C=O) groups is 2. The van der Waals surface area contributed by atoms with Gasteiger partial charge in [-0.05, 0) is 11.6 Å². The minimum absolute atomic E-state index is 0.0187. The molecule has 2 rings (SSSR count). The summed E-state index contributed by atoms with van der Waals surface area (Å²) in [6.45, 7) is 0.757. The topological polar surface area (TPSA) is 75.4 Å². The lowest BCUT2D eigenvalue weighted by Crippen LogP contribution is -2.26. The maximum Gasteiger partial charge on any atom is 0.305 e. The smallest absolute Gasteiger partial charge is 0.305 e. The predicted molar refractivity (Wildman–Crippen MR) is 76.7 cm³/mol. The van der Waals surface area contributed by atoms with E-state index in [1.165, 1.54) is 4.68 Å². The van der Waals surface area contributed by atoms with Crippen LogP contribution < -0.4 is 0 Å². The van der Waals surface area contributed by atoms with Gasteiger partial charge in [0.15, 0.2) is 0 Å². The number of benzene rings is 1. The number of rotatable bonds is 6. The molecule has 1 aromatic carbocycles. The largest absolute Gasteiger partial charge is 0.481 e. The van der Waals surface area contributed by atoms with Crippen LogP contribution in [0.3, 0.4) is 0 Å². The summed E-state index contributed by atoms with van der Waals surface area (Å²) in [5, 5.41) is 12.7. The molecular formula is C15H17N3O3. The minimum Gasteiger partial charge on any atom is -0.481 e. The lowest BCUT2D eigenvalue weighted by molar-refractivity contribution is -0.137. The number of nitrogens with zero attached hydrogens (tertiary/aromatic N) is 3. The summed E-state index contributed by atoms with van der Waals surface area (Å²) in [7, 11) is 1.71. The summed E-state index contributed by atoms with van der Waals surface area (Å²) in [4.78, 5) is 24.3. The zero-order valence-electron chi connectivity index (χ0n) is 11.8. The Morgan fingerprint density at radius 2 is 1.95 bits per heavy atom. The molecule has 6 heteroatoms. The van der Waals surface area contributed by atoms with Gasteiger partial charge in [-0.1, -0.05) is 30.3 Å². The number of aliphatic carboxylic acids is 1. The van der Waals surface area contributed by atoms with E-state index in [9.17, 15) is 9.59 Å². The molecule has 0 aliphatic heterocycles. The highest BCUT2D eigenvalue weighted by Crippen LogP contribution is 2.07. The Labute approximate surface area is 122 Å². The number of amides is 1. The number of aryl methyl sites for hydroxylation is 1. The standard InChI is InChI=1S/C15H17N3O3/c1-17(11-12-5-3-2-4-6-12)15(21)13-7-9-18(16-13)10-8-14(19)20/h2-7,9H,8,10-11H2,1H3,(H,19,20). The second kappa shape index (κ2) is 6.69. The Morgan fingerprint density at radius 1 is 1.24 bits per heavy atom. The average molecular weight is 287 g/mol. The van der Waals surface area contributed by atoms with E-state index < -0.39 is 5.97 Å². The molecule has 21 heavy (non-hydrogen) atoms. The zero-order chi connectivity index (χ0) is 15.2. The fourth-order valence-corrected chi connectivity index (χ4v) is 1.94. The van der Waals surface area contributed by atoms with Crippen molar-refractivity contribution in [3.8, 4) is 0 Å². The van der Waals surface area contributed by atoms with Gasteiger partial charge in [-0.25, -0.2) is 0 Å². The Bertz CT molecular complexity index is 622. The van der Waals surface area contributed by atoms with Crippen LogP contribution in [0.15, 0.2) is 42.6 Å². The molecule has 0 fully saturated rings. The second-order valence-electron chi connectivity index (χ2n) is 4.75. The molecule has 0 radical (unpaired) electrons. The maximum atomic E-state index is 12.2. The molecule has 0 spiro atoms.